The number of hydrogen-bond donors (Lipinski definition) is 2. The van der Waals surface area contributed by atoms with Crippen molar-refractivity contribution in [2.24, 2.45) is 5.73 Å². The summed E-state index contributed by atoms with van der Waals surface area (Å²) in [5.74, 6) is 0.658. The van der Waals surface area contributed by atoms with Crippen LogP contribution >= 0.6 is 11.6 Å². The standard InChI is InChI=1S/C9H15ClN4/c1-9(2,11)3-4-13-8-7(10)5-12-6-14-8/h5-6H,3-4,11H2,1-2H3,(H,12,13,14). The second-order valence-corrected chi connectivity index (χ2v) is 4.29. The van der Waals surface area contributed by atoms with E-state index in [0.717, 1.165) is 13.0 Å². The molecule has 0 aliphatic carbocycles. The normalized spacial score (nSPS) is 11.4. The molecule has 0 fully saturated rings. The highest BCUT2D eigenvalue weighted by Gasteiger charge is 2.10. The Balaban J connectivity index is 2.43. The molecule has 1 aromatic heterocycles. The van der Waals surface area contributed by atoms with Crippen molar-refractivity contribution in [1.82, 2.24) is 9.97 Å². The van der Waals surface area contributed by atoms with E-state index in [0.29, 0.717) is 10.8 Å². The maximum atomic E-state index is 5.86. The molecule has 1 heterocycles. The summed E-state index contributed by atoms with van der Waals surface area (Å²) in [4.78, 5) is 7.80. The smallest absolute Gasteiger partial charge is 0.148 e. The first-order valence-corrected chi connectivity index (χ1v) is 4.85. The molecule has 0 bridgehead atoms. The van der Waals surface area contributed by atoms with Crippen molar-refractivity contribution in [1.29, 1.82) is 0 Å². The number of hydrogen-bond acceptors (Lipinski definition) is 4. The number of halogens is 1. The minimum atomic E-state index is -0.174. The Hall–Kier alpha value is -0.870. The van der Waals surface area contributed by atoms with Crippen LogP contribution in [-0.2, 0) is 0 Å². The van der Waals surface area contributed by atoms with E-state index in [9.17, 15) is 0 Å². The summed E-state index contributed by atoms with van der Waals surface area (Å²) >= 11 is 5.86. The van der Waals surface area contributed by atoms with Gasteiger partial charge in [-0.05, 0) is 20.3 Å². The Bertz CT molecular complexity index is 295. The van der Waals surface area contributed by atoms with Crippen molar-refractivity contribution in [3.63, 3.8) is 0 Å². The minimum Gasteiger partial charge on any atom is -0.369 e. The summed E-state index contributed by atoms with van der Waals surface area (Å²) in [5, 5.41) is 3.64. The summed E-state index contributed by atoms with van der Waals surface area (Å²) in [6.45, 7) is 4.72. The van der Waals surface area contributed by atoms with Gasteiger partial charge in [-0.2, -0.15) is 0 Å². The highest BCUT2D eigenvalue weighted by atomic mass is 35.5. The molecule has 0 radical (unpaired) electrons. The first-order chi connectivity index (χ1) is 6.49. The van der Waals surface area contributed by atoms with E-state index in [1.807, 2.05) is 13.8 Å². The van der Waals surface area contributed by atoms with Crippen molar-refractivity contribution in [3.05, 3.63) is 17.5 Å². The molecule has 0 aromatic carbocycles. The van der Waals surface area contributed by atoms with Gasteiger partial charge in [0, 0.05) is 12.1 Å². The van der Waals surface area contributed by atoms with E-state index in [1.54, 1.807) is 6.20 Å². The molecule has 0 aliphatic heterocycles. The molecule has 0 unspecified atom stereocenters. The van der Waals surface area contributed by atoms with Crippen molar-refractivity contribution in [3.8, 4) is 0 Å². The molecule has 4 nitrogen and oxygen atoms in total. The minimum absolute atomic E-state index is 0.174. The number of nitrogens with two attached hydrogens (primary N) is 1. The van der Waals surface area contributed by atoms with Crippen LogP contribution in [0.2, 0.25) is 5.02 Å². The van der Waals surface area contributed by atoms with Gasteiger partial charge >= 0.3 is 0 Å². The molecular weight excluding hydrogens is 200 g/mol. The van der Waals surface area contributed by atoms with E-state index in [2.05, 4.69) is 15.3 Å². The maximum Gasteiger partial charge on any atom is 0.148 e. The summed E-state index contributed by atoms with van der Waals surface area (Å²) in [7, 11) is 0. The summed E-state index contributed by atoms with van der Waals surface area (Å²) in [5.41, 5.74) is 5.66. The zero-order valence-electron chi connectivity index (χ0n) is 8.42. The average Bonchev–Trinajstić information content (AvgIpc) is 2.06. The second kappa shape index (κ2) is 4.57. The van der Waals surface area contributed by atoms with Crippen LogP contribution in [0.1, 0.15) is 20.3 Å². The number of nitrogens with zero attached hydrogens (tertiary/aromatic N) is 2. The van der Waals surface area contributed by atoms with Gasteiger partial charge in [0.1, 0.15) is 17.2 Å². The first kappa shape index (κ1) is 11.2. The highest BCUT2D eigenvalue weighted by Crippen LogP contribution is 2.16. The highest BCUT2D eigenvalue weighted by molar-refractivity contribution is 6.32. The van der Waals surface area contributed by atoms with E-state index < -0.39 is 0 Å². The van der Waals surface area contributed by atoms with Gasteiger partial charge in [-0.1, -0.05) is 11.6 Å². The lowest BCUT2D eigenvalue weighted by Crippen LogP contribution is -2.34. The summed E-state index contributed by atoms with van der Waals surface area (Å²) in [6.07, 6.45) is 3.87. The maximum absolute atomic E-state index is 5.86. The van der Waals surface area contributed by atoms with Crippen molar-refractivity contribution < 1.29 is 0 Å². The predicted octanol–water partition coefficient (Wildman–Crippen LogP) is 1.67. The van der Waals surface area contributed by atoms with E-state index >= 15 is 0 Å². The van der Waals surface area contributed by atoms with Gasteiger partial charge in [-0.3, -0.25) is 0 Å². The van der Waals surface area contributed by atoms with Crippen LogP contribution in [-0.4, -0.2) is 22.1 Å². The van der Waals surface area contributed by atoms with Crippen LogP contribution in [0.4, 0.5) is 5.82 Å². The largest absolute Gasteiger partial charge is 0.369 e. The lowest BCUT2D eigenvalue weighted by atomic mass is 10.0. The molecule has 0 spiro atoms. The molecule has 1 rings (SSSR count). The molecule has 0 saturated carbocycles. The topological polar surface area (TPSA) is 63.8 Å². The molecule has 3 N–H and O–H groups in total. The summed E-state index contributed by atoms with van der Waals surface area (Å²) < 4.78 is 0. The van der Waals surface area contributed by atoms with Crippen molar-refractivity contribution in [2.75, 3.05) is 11.9 Å². The van der Waals surface area contributed by atoms with E-state index in [4.69, 9.17) is 17.3 Å². The predicted molar refractivity (Wildman–Crippen MR) is 58.4 cm³/mol. The Kier molecular flexibility index (Phi) is 3.66. The van der Waals surface area contributed by atoms with Crippen LogP contribution in [0.3, 0.4) is 0 Å². The monoisotopic (exact) mass is 214 g/mol. The van der Waals surface area contributed by atoms with E-state index in [-0.39, 0.29) is 5.54 Å². The van der Waals surface area contributed by atoms with Gasteiger partial charge in [0.05, 0.1) is 6.20 Å². The van der Waals surface area contributed by atoms with Crippen LogP contribution < -0.4 is 11.1 Å². The summed E-state index contributed by atoms with van der Waals surface area (Å²) in [6, 6.07) is 0. The van der Waals surface area contributed by atoms with Crippen LogP contribution in [0.25, 0.3) is 0 Å². The van der Waals surface area contributed by atoms with Crippen molar-refractivity contribution in [2.45, 2.75) is 25.8 Å². The first-order valence-electron chi connectivity index (χ1n) is 4.47. The molecule has 78 valence electrons. The molecule has 0 aliphatic rings. The number of anilines is 1. The fraction of sp³-hybridized carbons (Fsp3) is 0.556. The zero-order valence-corrected chi connectivity index (χ0v) is 9.17. The van der Waals surface area contributed by atoms with Crippen LogP contribution in [0, 0.1) is 0 Å². The van der Waals surface area contributed by atoms with Crippen molar-refractivity contribution >= 4 is 17.4 Å². The third-order valence-electron chi connectivity index (χ3n) is 1.73. The molecule has 0 saturated heterocycles. The quantitative estimate of drug-likeness (QED) is 0.801. The Morgan fingerprint density at radius 1 is 1.57 bits per heavy atom. The van der Waals surface area contributed by atoms with Gasteiger partial charge in [0.15, 0.2) is 0 Å². The fourth-order valence-corrected chi connectivity index (χ4v) is 1.12. The molecule has 0 amide bonds. The lowest BCUT2D eigenvalue weighted by molar-refractivity contribution is 0.490. The third-order valence-corrected chi connectivity index (χ3v) is 2.01. The molecule has 1 aromatic rings. The third kappa shape index (κ3) is 3.89. The van der Waals surface area contributed by atoms with Gasteiger partial charge in [0.2, 0.25) is 0 Å². The van der Waals surface area contributed by atoms with Gasteiger partial charge in [-0.15, -0.1) is 0 Å². The number of rotatable bonds is 4. The number of aromatic nitrogens is 2. The van der Waals surface area contributed by atoms with E-state index in [1.165, 1.54) is 6.33 Å². The zero-order chi connectivity index (χ0) is 10.6. The molecule has 0 atom stereocenters. The fourth-order valence-electron chi connectivity index (χ4n) is 0.946. The molecular formula is C9H15ClN4. The van der Waals surface area contributed by atoms with Gasteiger partial charge in [0.25, 0.3) is 0 Å². The van der Waals surface area contributed by atoms with Gasteiger partial charge < -0.3 is 11.1 Å². The number of nitrogens with one attached hydrogen (secondary N) is 1. The average molecular weight is 215 g/mol. The SMILES string of the molecule is CC(C)(N)CCNc1ncncc1Cl. The van der Waals surface area contributed by atoms with Gasteiger partial charge in [-0.25, -0.2) is 9.97 Å². The Morgan fingerprint density at radius 2 is 2.29 bits per heavy atom. The Morgan fingerprint density at radius 3 is 2.86 bits per heavy atom. The van der Waals surface area contributed by atoms with Crippen LogP contribution in [0.5, 0.6) is 0 Å². The van der Waals surface area contributed by atoms with Crippen LogP contribution in [0.15, 0.2) is 12.5 Å². The molecule has 14 heavy (non-hydrogen) atoms. The Labute approximate surface area is 88.9 Å². The lowest BCUT2D eigenvalue weighted by Gasteiger charge is -2.18. The molecule has 5 heteroatoms. The second-order valence-electron chi connectivity index (χ2n) is 3.88.